The molecular formula is C21H42NO3+. The second kappa shape index (κ2) is 15.4. The zero-order valence-electron chi connectivity index (χ0n) is 16.9. The molecule has 4 heteroatoms. The zero-order chi connectivity index (χ0) is 19.0. The molecule has 0 radical (unpaired) electrons. The first-order valence-corrected chi connectivity index (χ1v) is 10.4. The Morgan fingerprint density at radius 3 is 2.08 bits per heavy atom. The highest BCUT2D eigenvalue weighted by Crippen LogP contribution is 2.18. The molecule has 2 N–H and O–H groups in total. The Kier molecular flexibility index (Phi) is 14.9. The third kappa shape index (κ3) is 13.1. The van der Waals surface area contributed by atoms with Gasteiger partial charge in [0.05, 0.1) is 26.1 Å². The molecule has 0 aliphatic rings. The molecular weight excluding hydrogens is 314 g/mol. The number of carboxylic acid groups (broad SMARTS) is 1. The van der Waals surface area contributed by atoms with E-state index in [1.165, 1.54) is 25.7 Å². The molecule has 0 fully saturated rings. The Morgan fingerprint density at radius 1 is 1.00 bits per heavy atom. The molecule has 148 valence electrons. The lowest BCUT2D eigenvalue weighted by Gasteiger charge is -2.40. The van der Waals surface area contributed by atoms with Crippen molar-refractivity contribution in [2.24, 2.45) is 0 Å². The molecule has 0 aromatic heterocycles. The number of hydrogen-bond donors (Lipinski definition) is 2. The van der Waals surface area contributed by atoms with Gasteiger partial charge in [-0.05, 0) is 51.9 Å². The molecule has 0 aliphatic carbocycles. The molecule has 25 heavy (non-hydrogen) atoms. The van der Waals surface area contributed by atoms with Crippen LogP contribution in [0.5, 0.6) is 0 Å². The normalized spacial score (nSPS) is 13.4. The van der Waals surface area contributed by atoms with E-state index in [0.29, 0.717) is 13.1 Å². The maximum absolute atomic E-state index is 11.2. The van der Waals surface area contributed by atoms with Gasteiger partial charge in [0.25, 0.3) is 0 Å². The van der Waals surface area contributed by atoms with Gasteiger partial charge in [-0.1, -0.05) is 38.8 Å². The fraction of sp³-hybridized carbons (Fsp3) is 0.857. The predicted octanol–water partition coefficient (Wildman–Crippen LogP) is 4.77. The molecule has 0 rings (SSSR count). The Balaban J connectivity index is 4.87. The Hall–Kier alpha value is -0.870. The smallest absolute Gasteiger partial charge is 0.309 e. The predicted molar refractivity (Wildman–Crippen MR) is 106 cm³/mol. The van der Waals surface area contributed by atoms with E-state index in [1.807, 2.05) is 6.92 Å². The Bertz CT molecular complexity index is 345. The van der Waals surface area contributed by atoms with Crippen molar-refractivity contribution < 1.29 is 19.5 Å². The minimum atomic E-state index is -0.726. The number of aliphatic carboxylic acids is 1. The van der Waals surface area contributed by atoms with Gasteiger partial charge in [0.2, 0.25) is 0 Å². The topological polar surface area (TPSA) is 57.5 Å². The standard InChI is InChI=1S/C21H41NO3/c1-4-7-10-11-14-20(23)19-22(16-12-8-5-2,17-13-9-6-3)18-15-21(24)25/h4,7,20,23H,5-6,8-19H2,1-3H3/p+1/b7-4+. The highest BCUT2D eigenvalue weighted by molar-refractivity contribution is 5.66. The van der Waals surface area contributed by atoms with Crippen molar-refractivity contribution in [2.45, 2.75) is 91.1 Å². The van der Waals surface area contributed by atoms with Crippen molar-refractivity contribution >= 4 is 5.97 Å². The van der Waals surface area contributed by atoms with E-state index in [2.05, 4.69) is 26.0 Å². The molecule has 0 aliphatic heterocycles. The third-order valence-corrected chi connectivity index (χ3v) is 5.01. The average Bonchev–Trinajstić information content (AvgIpc) is 2.57. The maximum Gasteiger partial charge on any atom is 0.309 e. The molecule has 0 amide bonds. The van der Waals surface area contributed by atoms with E-state index in [1.54, 1.807) is 0 Å². The minimum absolute atomic E-state index is 0.198. The van der Waals surface area contributed by atoms with Crippen molar-refractivity contribution in [1.29, 1.82) is 0 Å². The van der Waals surface area contributed by atoms with Crippen molar-refractivity contribution in [3.05, 3.63) is 12.2 Å². The number of carboxylic acids is 1. The number of allylic oxidation sites excluding steroid dienone is 2. The maximum atomic E-state index is 11.2. The van der Waals surface area contributed by atoms with Crippen LogP contribution in [0.2, 0.25) is 0 Å². The number of nitrogens with zero attached hydrogens (tertiary/aromatic N) is 1. The summed E-state index contributed by atoms with van der Waals surface area (Å²) in [6.07, 6.45) is 13.8. The first-order valence-electron chi connectivity index (χ1n) is 10.4. The van der Waals surface area contributed by atoms with Crippen LogP contribution in [0.3, 0.4) is 0 Å². The van der Waals surface area contributed by atoms with Crippen LogP contribution in [-0.2, 0) is 4.79 Å². The van der Waals surface area contributed by atoms with Gasteiger partial charge in [0.1, 0.15) is 12.6 Å². The summed E-state index contributed by atoms with van der Waals surface area (Å²) in [6.45, 7) is 9.75. The molecule has 1 atom stereocenters. The molecule has 0 spiro atoms. The zero-order valence-corrected chi connectivity index (χ0v) is 16.9. The van der Waals surface area contributed by atoms with Gasteiger partial charge in [-0.3, -0.25) is 4.79 Å². The van der Waals surface area contributed by atoms with Gasteiger partial charge in [0, 0.05) is 0 Å². The molecule has 0 saturated heterocycles. The average molecular weight is 357 g/mol. The summed E-state index contributed by atoms with van der Waals surface area (Å²) >= 11 is 0. The molecule has 0 aromatic rings. The second-order valence-electron chi connectivity index (χ2n) is 7.41. The summed E-state index contributed by atoms with van der Waals surface area (Å²) in [5.41, 5.74) is 0. The molecule has 0 heterocycles. The highest BCUT2D eigenvalue weighted by Gasteiger charge is 2.30. The van der Waals surface area contributed by atoms with Crippen LogP contribution in [0.25, 0.3) is 0 Å². The number of unbranched alkanes of at least 4 members (excludes halogenated alkanes) is 5. The van der Waals surface area contributed by atoms with Crippen LogP contribution in [0, 0.1) is 0 Å². The summed E-state index contributed by atoms with van der Waals surface area (Å²) in [7, 11) is 0. The van der Waals surface area contributed by atoms with Crippen molar-refractivity contribution in [3.8, 4) is 0 Å². The highest BCUT2D eigenvalue weighted by atomic mass is 16.4. The van der Waals surface area contributed by atoms with E-state index in [4.69, 9.17) is 0 Å². The van der Waals surface area contributed by atoms with Gasteiger partial charge in [-0.25, -0.2) is 0 Å². The van der Waals surface area contributed by atoms with E-state index >= 15 is 0 Å². The lowest BCUT2D eigenvalue weighted by atomic mass is 10.1. The monoisotopic (exact) mass is 356 g/mol. The van der Waals surface area contributed by atoms with E-state index in [0.717, 1.165) is 49.7 Å². The number of rotatable bonds is 17. The van der Waals surface area contributed by atoms with E-state index < -0.39 is 5.97 Å². The van der Waals surface area contributed by atoms with E-state index in [9.17, 15) is 15.0 Å². The summed E-state index contributed by atoms with van der Waals surface area (Å²) < 4.78 is 0.775. The fourth-order valence-electron chi connectivity index (χ4n) is 3.51. The summed E-state index contributed by atoms with van der Waals surface area (Å²) in [4.78, 5) is 11.2. The minimum Gasteiger partial charge on any atom is -0.481 e. The van der Waals surface area contributed by atoms with Gasteiger partial charge in [0.15, 0.2) is 0 Å². The Labute approximate surface area is 155 Å². The van der Waals surface area contributed by atoms with Gasteiger partial charge in [-0.15, -0.1) is 0 Å². The van der Waals surface area contributed by atoms with Crippen molar-refractivity contribution in [1.82, 2.24) is 0 Å². The molecule has 0 aromatic carbocycles. The fourth-order valence-corrected chi connectivity index (χ4v) is 3.51. The summed E-state index contributed by atoms with van der Waals surface area (Å²) in [6, 6.07) is 0. The van der Waals surface area contributed by atoms with Crippen LogP contribution in [0.4, 0.5) is 0 Å². The van der Waals surface area contributed by atoms with Crippen LogP contribution in [-0.4, -0.2) is 52.9 Å². The van der Waals surface area contributed by atoms with Crippen LogP contribution < -0.4 is 0 Å². The lowest BCUT2D eigenvalue weighted by Crippen LogP contribution is -2.54. The van der Waals surface area contributed by atoms with Gasteiger partial charge < -0.3 is 14.7 Å². The second-order valence-corrected chi connectivity index (χ2v) is 7.41. The molecule has 1 unspecified atom stereocenters. The molecule has 0 bridgehead atoms. The first kappa shape index (κ1) is 24.1. The number of hydrogen-bond acceptors (Lipinski definition) is 2. The first-order chi connectivity index (χ1) is 12.0. The third-order valence-electron chi connectivity index (χ3n) is 5.01. The Morgan fingerprint density at radius 2 is 1.60 bits per heavy atom. The van der Waals surface area contributed by atoms with Crippen LogP contribution in [0.1, 0.15) is 85.0 Å². The van der Waals surface area contributed by atoms with Crippen LogP contribution >= 0.6 is 0 Å². The quantitative estimate of drug-likeness (QED) is 0.224. The number of aliphatic hydroxyl groups is 1. The molecule has 0 saturated carbocycles. The summed E-state index contributed by atoms with van der Waals surface area (Å²) in [5.74, 6) is -0.726. The largest absolute Gasteiger partial charge is 0.481 e. The lowest BCUT2D eigenvalue weighted by molar-refractivity contribution is -0.931. The number of quaternary nitrogens is 1. The SMILES string of the molecule is C/C=C/CCCC(O)C[N+](CCCCC)(CCCCC)CCC(=O)O. The van der Waals surface area contributed by atoms with Crippen molar-refractivity contribution in [2.75, 3.05) is 26.2 Å². The number of aliphatic hydroxyl groups excluding tert-OH is 1. The van der Waals surface area contributed by atoms with Gasteiger partial charge in [-0.2, -0.15) is 0 Å². The van der Waals surface area contributed by atoms with Crippen molar-refractivity contribution in [3.63, 3.8) is 0 Å². The number of carbonyl (C=O) groups is 1. The van der Waals surface area contributed by atoms with Crippen LogP contribution in [0.15, 0.2) is 12.2 Å². The molecule has 4 nitrogen and oxygen atoms in total. The van der Waals surface area contributed by atoms with E-state index in [-0.39, 0.29) is 12.5 Å². The van der Waals surface area contributed by atoms with Gasteiger partial charge >= 0.3 is 5.97 Å². The summed E-state index contributed by atoms with van der Waals surface area (Å²) in [5, 5.41) is 19.7.